The van der Waals surface area contributed by atoms with E-state index in [2.05, 4.69) is 10.3 Å². The highest BCUT2D eigenvalue weighted by molar-refractivity contribution is 5.97. The number of aromatic nitrogens is 1. The Morgan fingerprint density at radius 1 is 1.62 bits per heavy atom. The molecule has 1 heterocycles. The smallest absolute Gasteiger partial charge is 0.271 e. The van der Waals surface area contributed by atoms with E-state index in [0.717, 1.165) is 0 Å². The van der Waals surface area contributed by atoms with Gasteiger partial charge in [0, 0.05) is 13.1 Å². The highest BCUT2D eigenvalue weighted by Crippen LogP contribution is 2.13. The Hall–Kier alpha value is -1.78. The van der Waals surface area contributed by atoms with Crippen LogP contribution in [-0.2, 0) is 0 Å². The molecule has 0 unspecified atom stereocenters. The number of rotatable bonds is 2. The third kappa shape index (κ3) is 1.87. The first-order valence-corrected chi connectivity index (χ1v) is 3.71. The number of amides is 1. The average molecular weight is 181 g/mol. The van der Waals surface area contributed by atoms with Crippen LogP contribution in [0.3, 0.4) is 0 Å². The van der Waals surface area contributed by atoms with E-state index in [9.17, 15) is 4.79 Å². The van der Waals surface area contributed by atoms with Gasteiger partial charge in [0.05, 0.1) is 12.8 Å². The van der Waals surface area contributed by atoms with Gasteiger partial charge < -0.3 is 15.8 Å². The summed E-state index contributed by atoms with van der Waals surface area (Å²) in [6, 6.07) is 3.18. The van der Waals surface area contributed by atoms with E-state index in [-0.39, 0.29) is 11.6 Å². The third-order valence-electron chi connectivity index (χ3n) is 1.55. The number of anilines is 1. The molecule has 5 nitrogen and oxygen atoms in total. The molecule has 70 valence electrons. The SMILES string of the molecule is CNC(=O)c1nc(OC)ccc1N. The van der Waals surface area contributed by atoms with Crippen LogP contribution in [0.4, 0.5) is 5.69 Å². The summed E-state index contributed by atoms with van der Waals surface area (Å²) >= 11 is 0. The Kier molecular flexibility index (Phi) is 2.69. The molecule has 0 aliphatic carbocycles. The van der Waals surface area contributed by atoms with Crippen LogP contribution in [0.5, 0.6) is 5.88 Å². The van der Waals surface area contributed by atoms with Gasteiger partial charge in [0.2, 0.25) is 5.88 Å². The molecule has 13 heavy (non-hydrogen) atoms. The molecule has 0 aromatic carbocycles. The maximum Gasteiger partial charge on any atom is 0.271 e. The first-order chi connectivity index (χ1) is 6.19. The van der Waals surface area contributed by atoms with E-state index in [0.29, 0.717) is 11.6 Å². The minimum Gasteiger partial charge on any atom is -0.481 e. The van der Waals surface area contributed by atoms with E-state index >= 15 is 0 Å². The highest BCUT2D eigenvalue weighted by atomic mass is 16.5. The predicted molar refractivity (Wildman–Crippen MR) is 48.6 cm³/mol. The predicted octanol–water partition coefficient (Wildman–Crippen LogP) is 0.0320. The van der Waals surface area contributed by atoms with Gasteiger partial charge >= 0.3 is 0 Å². The Labute approximate surface area is 75.9 Å². The van der Waals surface area contributed by atoms with Crippen molar-refractivity contribution in [3.8, 4) is 5.88 Å². The van der Waals surface area contributed by atoms with Gasteiger partial charge in [-0.15, -0.1) is 0 Å². The summed E-state index contributed by atoms with van der Waals surface area (Å²) in [5, 5.41) is 2.44. The minimum atomic E-state index is -0.323. The molecule has 1 aromatic rings. The fourth-order valence-corrected chi connectivity index (χ4v) is 0.866. The number of carbonyl (C=O) groups excluding carboxylic acids is 1. The van der Waals surface area contributed by atoms with Crippen molar-refractivity contribution in [1.82, 2.24) is 10.3 Å². The van der Waals surface area contributed by atoms with Crippen molar-refractivity contribution in [2.75, 3.05) is 19.9 Å². The minimum absolute atomic E-state index is 0.182. The standard InChI is InChI=1S/C8H11N3O2/c1-10-8(12)7-5(9)3-4-6(11-7)13-2/h3-4H,9H2,1-2H3,(H,10,12). The van der Waals surface area contributed by atoms with Crippen molar-refractivity contribution >= 4 is 11.6 Å². The van der Waals surface area contributed by atoms with Crippen molar-refractivity contribution in [3.63, 3.8) is 0 Å². The number of carbonyl (C=O) groups is 1. The van der Waals surface area contributed by atoms with Crippen LogP contribution in [0.2, 0.25) is 0 Å². The molecule has 0 atom stereocenters. The molecule has 0 aliphatic rings. The van der Waals surface area contributed by atoms with Crippen LogP contribution in [0.25, 0.3) is 0 Å². The Morgan fingerprint density at radius 3 is 2.85 bits per heavy atom. The lowest BCUT2D eigenvalue weighted by molar-refractivity contribution is 0.0958. The van der Waals surface area contributed by atoms with Gasteiger partial charge in [0.25, 0.3) is 5.91 Å². The maximum atomic E-state index is 11.2. The van der Waals surface area contributed by atoms with Crippen LogP contribution in [0.1, 0.15) is 10.5 Å². The first kappa shape index (κ1) is 9.31. The van der Waals surface area contributed by atoms with Crippen molar-refractivity contribution in [2.24, 2.45) is 0 Å². The van der Waals surface area contributed by atoms with Crippen LogP contribution in [-0.4, -0.2) is 25.0 Å². The van der Waals surface area contributed by atoms with Crippen molar-refractivity contribution in [2.45, 2.75) is 0 Å². The number of ether oxygens (including phenoxy) is 1. The van der Waals surface area contributed by atoms with Gasteiger partial charge in [-0.25, -0.2) is 4.98 Å². The molecule has 5 heteroatoms. The molecule has 3 N–H and O–H groups in total. The number of hydrogen-bond donors (Lipinski definition) is 2. The van der Waals surface area contributed by atoms with E-state index in [1.54, 1.807) is 12.1 Å². The molecule has 0 radical (unpaired) electrons. The van der Waals surface area contributed by atoms with E-state index in [1.807, 2.05) is 0 Å². The molecule has 0 saturated heterocycles. The second-order valence-corrected chi connectivity index (χ2v) is 2.37. The van der Waals surface area contributed by atoms with Crippen LogP contribution < -0.4 is 15.8 Å². The van der Waals surface area contributed by atoms with E-state index in [1.165, 1.54) is 14.2 Å². The summed E-state index contributed by atoms with van der Waals surface area (Å²) in [5.41, 5.74) is 6.06. The largest absolute Gasteiger partial charge is 0.481 e. The molecule has 1 rings (SSSR count). The normalized spacial score (nSPS) is 9.38. The molecule has 0 fully saturated rings. The van der Waals surface area contributed by atoms with Crippen LogP contribution >= 0.6 is 0 Å². The Bertz CT molecular complexity index is 325. The summed E-state index contributed by atoms with van der Waals surface area (Å²) in [7, 11) is 3.00. The molecule has 0 saturated carbocycles. The number of pyridine rings is 1. The number of hydrogen-bond acceptors (Lipinski definition) is 4. The lowest BCUT2D eigenvalue weighted by atomic mass is 10.3. The van der Waals surface area contributed by atoms with Gasteiger partial charge in [-0.2, -0.15) is 0 Å². The molecular weight excluding hydrogens is 170 g/mol. The van der Waals surface area contributed by atoms with Gasteiger partial charge in [-0.05, 0) is 6.07 Å². The molecule has 1 amide bonds. The third-order valence-corrected chi connectivity index (χ3v) is 1.55. The Morgan fingerprint density at radius 2 is 2.31 bits per heavy atom. The molecule has 0 aliphatic heterocycles. The lowest BCUT2D eigenvalue weighted by Gasteiger charge is -2.04. The summed E-state index contributed by atoms with van der Waals surface area (Å²) in [5.74, 6) is 0.0456. The molecule has 0 spiro atoms. The van der Waals surface area contributed by atoms with Crippen LogP contribution in [0, 0.1) is 0 Å². The fourth-order valence-electron chi connectivity index (χ4n) is 0.866. The Balaban J connectivity index is 3.11. The number of nitrogens with zero attached hydrogens (tertiary/aromatic N) is 1. The number of nitrogens with one attached hydrogen (secondary N) is 1. The molecule has 0 bridgehead atoms. The first-order valence-electron chi connectivity index (χ1n) is 3.71. The summed E-state index contributed by atoms with van der Waals surface area (Å²) in [6.45, 7) is 0. The summed E-state index contributed by atoms with van der Waals surface area (Å²) < 4.78 is 4.86. The monoisotopic (exact) mass is 181 g/mol. The molecular formula is C8H11N3O2. The lowest BCUT2D eigenvalue weighted by Crippen LogP contribution is -2.20. The zero-order chi connectivity index (χ0) is 9.84. The second-order valence-electron chi connectivity index (χ2n) is 2.37. The highest BCUT2D eigenvalue weighted by Gasteiger charge is 2.10. The summed E-state index contributed by atoms with van der Waals surface area (Å²) in [4.78, 5) is 15.1. The maximum absolute atomic E-state index is 11.2. The quantitative estimate of drug-likeness (QED) is 0.674. The van der Waals surface area contributed by atoms with Gasteiger partial charge in [0.15, 0.2) is 5.69 Å². The van der Waals surface area contributed by atoms with Crippen molar-refractivity contribution in [1.29, 1.82) is 0 Å². The molecule has 1 aromatic heterocycles. The zero-order valence-electron chi connectivity index (χ0n) is 7.50. The van der Waals surface area contributed by atoms with Crippen LogP contribution in [0.15, 0.2) is 12.1 Å². The summed E-state index contributed by atoms with van der Waals surface area (Å²) in [6.07, 6.45) is 0. The average Bonchev–Trinajstić information content (AvgIpc) is 2.17. The fraction of sp³-hybridized carbons (Fsp3) is 0.250. The second kappa shape index (κ2) is 3.75. The van der Waals surface area contributed by atoms with E-state index in [4.69, 9.17) is 10.5 Å². The van der Waals surface area contributed by atoms with Gasteiger partial charge in [0.1, 0.15) is 0 Å². The number of methoxy groups -OCH3 is 1. The van der Waals surface area contributed by atoms with Crippen molar-refractivity contribution in [3.05, 3.63) is 17.8 Å². The number of nitrogen functional groups attached to an aromatic ring is 1. The number of nitrogens with two attached hydrogens (primary N) is 1. The van der Waals surface area contributed by atoms with Gasteiger partial charge in [-0.1, -0.05) is 0 Å². The van der Waals surface area contributed by atoms with Crippen molar-refractivity contribution < 1.29 is 9.53 Å². The van der Waals surface area contributed by atoms with Gasteiger partial charge in [-0.3, -0.25) is 4.79 Å². The zero-order valence-corrected chi connectivity index (χ0v) is 7.50. The topological polar surface area (TPSA) is 77.2 Å². The van der Waals surface area contributed by atoms with E-state index < -0.39 is 0 Å².